The zero-order valence-electron chi connectivity index (χ0n) is 34.7. The van der Waals surface area contributed by atoms with E-state index in [1.165, 1.54) is 44.6 Å². The van der Waals surface area contributed by atoms with Gasteiger partial charge in [0.25, 0.3) is 0 Å². The van der Waals surface area contributed by atoms with E-state index in [1.807, 2.05) is 6.08 Å². The summed E-state index contributed by atoms with van der Waals surface area (Å²) in [4.78, 5) is 49.1. The first-order valence-electron chi connectivity index (χ1n) is 20.1. The average Bonchev–Trinajstić information content (AvgIpc) is 3.23. The van der Waals surface area contributed by atoms with Crippen LogP contribution in [-0.2, 0) is 14.4 Å². The quantitative estimate of drug-likeness (QED) is 0.0273. The van der Waals surface area contributed by atoms with Crippen molar-refractivity contribution in [1.29, 1.82) is 0 Å². The number of hydrogen-bond donors (Lipinski definition) is 4. The molecule has 59 heavy (non-hydrogen) atoms. The molecule has 0 radical (unpaired) electrons. The number of carbonyl (C=O) groups is 4. The number of nitrogens with one attached hydrogen (secondary N) is 3. The van der Waals surface area contributed by atoms with Crippen molar-refractivity contribution in [2.24, 2.45) is 0 Å². The zero-order valence-corrected chi connectivity index (χ0v) is 34.7. The first-order chi connectivity index (χ1) is 28.7. The Bertz CT molecular complexity index is 1830. The van der Waals surface area contributed by atoms with Crippen molar-refractivity contribution in [3.8, 4) is 23.0 Å². The molecule has 0 fully saturated rings. The topological polar surface area (TPSA) is 152 Å². The molecule has 0 heterocycles. The molecule has 0 unspecified atom stereocenters. The standard InChI is InChI=1S/C48H61N3O8/c1-4-5-6-7-8-9-10-11-12-13-14-15-16-17-18-19-20-21-22-23-47(55)50-34-32-49-33-35-51-48(56)59-44-31-27-40(37-46(44)58-3)25-29-42(53)38-41(52)28-24-39-26-30-43(54)45(36-39)57-2/h5-6,8-9,11-12,14-15,17-18,20-21,24-31,36-37,49,54H,4,7,10,13,16,19,22-23,32-35,38H2,1-3H3,(H,50,55)(H,51,56)/b6-5-,9-8-,12-11-,15-14-,18-17-,21-20-,28-24+,29-25+. The number of rotatable bonds is 29. The van der Waals surface area contributed by atoms with Crippen LogP contribution in [0.2, 0.25) is 0 Å². The molecule has 316 valence electrons. The molecule has 0 aliphatic heterocycles. The number of phenols is 1. The normalized spacial score (nSPS) is 12.1. The summed E-state index contributed by atoms with van der Waals surface area (Å²) in [5.41, 5.74) is 1.24. The molecule has 0 atom stereocenters. The highest BCUT2D eigenvalue weighted by atomic mass is 16.6. The molecule has 0 aromatic heterocycles. The van der Waals surface area contributed by atoms with E-state index in [0.29, 0.717) is 50.1 Å². The molecular formula is C48H61N3O8. The van der Waals surface area contributed by atoms with Crippen LogP contribution in [0.15, 0.2) is 121 Å². The Morgan fingerprint density at radius 2 is 1.08 bits per heavy atom. The van der Waals surface area contributed by atoms with Crippen molar-refractivity contribution in [2.45, 2.75) is 64.7 Å². The van der Waals surface area contributed by atoms with Gasteiger partial charge in [0.15, 0.2) is 34.6 Å². The number of methoxy groups -OCH3 is 2. The summed E-state index contributed by atoms with van der Waals surface area (Å²) in [5, 5.41) is 18.4. The maximum absolute atomic E-state index is 12.4. The predicted octanol–water partition coefficient (Wildman–Crippen LogP) is 8.94. The van der Waals surface area contributed by atoms with E-state index < -0.39 is 11.9 Å². The van der Waals surface area contributed by atoms with Crippen LogP contribution in [0, 0.1) is 0 Å². The molecule has 0 aliphatic carbocycles. The van der Waals surface area contributed by atoms with Crippen molar-refractivity contribution in [1.82, 2.24) is 16.0 Å². The first-order valence-corrected chi connectivity index (χ1v) is 20.1. The molecule has 2 aromatic rings. The summed E-state index contributed by atoms with van der Waals surface area (Å²) >= 11 is 0. The van der Waals surface area contributed by atoms with Crippen LogP contribution in [0.3, 0.4) is 0 Å². The van der Waals surface area contributed by atoms with E-state index in [4.69, 9.17) is 14.2 Å². The fourth-order valence-electron chi connectivity index (χ4n) is 5.08. The van der Waals surface area contributed by atoms with Crippen LogP contribution >= 0.6 is 0 Å². The Balaban J connectivity index is 1.53. The molecular weight excluding hydrogens is 747 g/mol. The monoisotopic (exact) mass is 807 g/mol. The number of phenolic OH excluding ortho intramolecular Hbond substituents is 1. The minimum absolute atomic E-state index is 0.0114. The Morgan fingerprint density at radius 1 is 0.593 bits per heavy atom. The van der Waals surface area contributed by atoms with E-state index in [-0.39, 0.29) is 41.1 Å². The number of ether oxygens (including phenoxy) is 3. The fraction of sp³-hybridized carbons (Fsp3) is 0.333. The molecule has 0 aliphatic rings. The second-order valence-corrected chi connectivity index (χ2v) is 13.0. The molecule has 4 N–H and O–H groups in total. The molecule has 0 saturated heterocycles. The number of amides is 2. The number of hydrogen-bond acceptors (Lipinski definition) is 9. The summed E-state index contributed by atoms with van der Waals surface area (Å²) in [6, 6.07) is 9.44. The minimum Gasteiger partial charge on any atom is -0.504 e. The van der Waals surface area contributed by atoms with Gasteiger partial charge < -0.3 is 35.3 Å². The Labute approximate surface area is 350 Å². The molecule has 0 saturated carbocycles. The second kappa shape index (κ2) is 31.8. The van der Waals surface area contributed by atoms with Crippen molar-refractivity contribution < 1.29 is 38.5 Å². The minimum atomic E-state index is -0.663. The molecule has 0 spiro atoms. The molecule has 2 rings (SSSR count). The smallest absolute Gasteiger partial charge is 0.412 e. The Kier molecular flexibility index (Phi) is 26.4. The van der Waals surface area contributed by atoms with Gasteiger partial charge in [0.1, 0.15) is 0 Å². The van der Waals surface area contributed by atoms with Gasteiger partial charge in [-0.1, -0.05) is 104 Å². The number of ketones is 2. The molecule has 2 aromatic carbocycles. The lowest BCUT2D eigenvalue weighted by Gasteiger charge is -2.11. The molecule has 2 amide bonds. The Hall–Kier alpha value is -6.20. The number of benzene rings is 2. The second-order valence-electron chi connectivity index (χ2n) is 13.0. The maximum Gasteiger partial charge on any atom is 0.412 e. The fourth-order valence-corrected chi connectivity index (χ4v) is 5.08. The lowest BCUT2D eigenvalue weighted by Crippen LogP contribution is -2.37. The third-order valence-electron chi connectivity index (χ3n) is 8.20. The van der Waals surface area contributed by atoms with Gasteiger partial charge in [-0.3, -0.25) is 14.4 Å². The molecule has 11 heteroatoms. The van der Waals surface area contributed by atoms with Crippen molar-refractivity contribution in [2.75, 3.05) is 40.4 Å². The number of carbonyl (C=O) groups excluding carboxylic acids is 4. The third kappa shape index (κ3) is 24.2. The van der Waals surface area contributed by atoms with Gasteiger partial charge in [-0.25, -0.2) is 4.79 Å². The summed E-state index contributed by atoms with van der Waals surface area (Å²) in [5.74, 6) is -0.0500. The summed E-state index contributed by atoms with van der Waals surface area (Å²) in [7, 11) is 2.86. The van der Waals surface area contributed by atoms with Gasteiger partial charge in [-0.2, -0.15) is 0 Å². The van der Waals surface area contributed by atoms with Crippen LogP contribution in [-0.4, -0.2) is 69.1 Å². The molecule has 11 nitrogen and oxygen atoms in total. The lowest BCUT2D eigenvalue weighted by atomic mass is 10.1. The van der Waals surface area contributed by atoms with E-state index in [9.17, 15) is 24.3 Å². The highest BCUT2D eigenvalue weighted by molar-refractivity contribution is 6.10. The average molecular weight is 808 g/mol. The van der Waals surface area contributed by atoms with Crippen LogP contribution in [0.5, 0.6) is 23.0 Å². The van der Waals surface area contributed by atoms with Crippen LogP contribution in [0.1, 0.15) is 75.8 Å². The predicted molar refractivity (Wildman–Crippen MR) is 238 cm³/mol. The third-order valence-corrected chi connectivity index (χ3v) is 8.20. The van der Waals surface area contributed by atoms with Gasteiger partial charge in [0.05, 0.1) is 20.6 Å². The van der Waals surface area contributed by atoms with Gasteiger partial charge in [-0.15, -0.1) is 0 Å². The van der Waals surface area contributed by atoms with Crippen molar-refractivity contribution in [3.63, 3.8) is 0 Å². The first kappa shape index (κ1) is 48.9. The van der Waals surface area contributed by atoms with Crippen LogP contribution in [0.4, 0.5) is 4.79 Å². The van der Waals surface area contributed by atoms with E-state index in [0.717, 1.165) is 38.5 Å². The lowest BCUT2D eigenvalue weighted by molar-refractivity contribution is -0.122. The zero-order chi connectivity index (χ0) is 42.8. The summed E-state index contributed by atoms with van der Waals surface area (Å²) in [6.45, 7) is 3.94. The van der Waals surface area contributed by atoms with E-state index in [1.54, 1.807) is 30.3 Å². The summed E-state index contributed by atoms with van der Waals surface area (Å²) in [6.07, 6.45) is 37.4. The van der Waals surface area contributed by atoms with Gasteiger partial charge in [0.2, 0.25) is 5.91 Å². The highest BCUT2D eigenvalue weighted by Crippen LogP contribution is 2.29. The SMILES string of the molecule is CC/C=C\C/C=C\C/C=C\C/C=C\C/C=C\C/C=C\CCC(=O)NCCNCCNC(=O)Oc1ccc(/C=C/C(=O)CC(=O)/C=C/c2ccc(O)c(OC)c2)cc1OC. The maximum atomic E-state index is 12.4. The Morgan fingerprint density at radius 3 is 1.63 bits per heavy atom. The molecule has 0 bridgehead atoms. The van der Waals surface area contributed by atoms with Crippen LogP contribution in [0.25, 0.3) is 12.2 Å². The van der Waals surface area contributed by atoms with Crippen molar-refractivity contribution >= 4 is 35.7 Å². The van der Waals surface area contributed by atoms with Gasteiger partial charge in [0, 0.05) is 32.6 Å². The number of aromatic hydroxyl groups is 1. The summed E-state index contributed by atoms with van der Waals surface area (Å²) < 4.78 is 15.8. The number of allylic oxidation sites excluding steroid dienone is 14. The van der Waals surface area contributed by atoms with E-state index >= 15 is 0 Å². The van der Waals surface area contributed by atoms with E-state index in [2.05, 4.69) is 89.7 Å². The van der Waals surface area contributed by atoms with Crippen molar-refractivity contribution in [3.05, 3.63) is 133 Å². The van der Waals surface area contributed by atoms with Gasteiger partial charge >= 0.3 is 6.09 Å². The highest BCUT2D eigenvalue weighted by Gasteiger charge is 2.11. The van der Waals surface area contributed by atoms with Gasteiger partial charge in [-0.05, 0) is 92.5 Å². The largest absolute Gasteiger partial charge is 0.504 e. The van der Waals surface area contributed by atoms with Crippen LogP contribution < -0.4 is 30.2 Å².